The molecule has 3 nitrogen and oxygen atoms in total. The highest BCUT2D eigenvalue weighted by molar-refractivity contribution is 5.44. The van der Waals surface area contributed by atoms with Gasteiger partial charge in [-0.3, -0.25) is 0 Å². The van der Waals surface area contributed by atoms with Crippen molar-refractivity contribution >= 4 is 5.82 Å². The van der Waals surface area contributed by atoms with Crippen LogP contribution in [0, 0.1) is 17.2 Å². The van der Waals surface area contributed by atoms with Crippen LogP contribution in [0.25, 0.3) is 0 Å². The van der Waals surface area contributed by atoms with Crippen LogP contribution in [0.1, 0.15) is 32.8 Å². The Morgan fingerprint density at radius 3 is 2.81 bits per heavy atom. The Balaban J connectivity index is 2.82. The third-order valence-corrected chi connectivity index (χ3v) is 2.81. The lowest BCUT2D eigenvalue weighted by Gasteiger charge is -2.25. The van der Waals surface area contributed by atoms with Gasteiger partial charge in [0.25, 0.3) is 0 Å². The minimum absolute atomic E-state index is 0.646. The van der Waals surface area contributed by atoms with E-state index in [9.17, 15) is 0 Å². The summed E-state index contributed by atoms with van der Waals surface area (Å²) >= 11 is 0. The van der Waals surface area contributed by atoms with Crippen LogP contribution < -0.4 is 4.90 Å². The monoisotopic (exact) mass is 217 g/mol. The molecule has 0 aromatic carbocycles. The Morgan fingerprint density at radius 1 is 1.50 bits per heavy atom. The Kier molecular flexibility index (Phi) is 4.78. The van der Waals surface area contributed by atoms with Crippen LogP contribution in [0.2, 0.25) is 0 Å². The summed E-state index contributed by atoms with van der Waals surface area (Å²) in [6.07, 6.45) is 2.86. The largest absolute Gasteiger partial charge is 0.357 e. The minimum Gasteiger partial charge on any atom is -0.357 e. The van der Waals surface area contributed by atoms with Crippen molar-refractivity contribution in [3.63, 3.8) is 0 Å². The lowest BCUT2D eigenvalue weighted by molar-refractivity contribution is 0.545. The van der Waals surface area contributed by atoms with Gasteiger partial charge in [0, 0.05) is 19.3 Å². The van der Waals surface area contributed by atoms with Crippen molar-refractivity contribution in [1.82, 2.24) is 4.98 Å². The zero-order valence-electron chi connectivity index (χ0n) is 10.3. The lowest BCUT2D eigenvalue weighted by Crippen LogP contribution is -2.28. The fraction of sp³-hybridized carbons (Fsp3) is 0.538. The Bertz CT molecular complexity index is 368. The van der Waals surface area contributed by atoms with Crippen molar-refractivity contribution in [3.8, 4) is 6.07 Å². The Hall–Kier alpha value is -1.56. The van der Waals surface area contributed by atoms with Gasteiger partial charge in [-0.2, -0.15) is 5.26 Å². The first-order chi connectivity index (χ1) is 7.71. The van der Waals surface area contributed by atoms with Crippen molar-refractivity contribution in [2.45, 2.75) is 27.2 Å². The van der Waals surface area contributed by atoms with Crippen molar-refractivity contribution in [3.05, 3.63) is 23.9 Å². The maximum Gasteiger partial charge on any atom is 0.129 e. The quantitative estimate of drug-likeness (QED) is 0.761. The predicted molar refractivity (Wildman–Crippen MR) is 66.3 cm³/mol. The standard InChI is InChI=1S/C13H19N3/c1-4-11(3)10-16(5-2)13-8-12(9-14)6-7-15-13/h6-8,11H,4-5,10H2,1-3H3. The molecule has 0 bridgehead atoms. The molecule has 0 aliphatic heterocycles. The molecule has 0 N–H and O–H groups in total. The molecule has 0 fully saturated rings. The molecule has 0 radical (unpaired) electrons. The van der Waals surface area contributed by atoms with E-state index < -0.39 is 0 Å². The lowest BCUT2D eigenvalue weighted by atomic mass is 10.1. The second-order valence-electron chi connectivity index (χ2n) is 4.07. The van der Waals surface area contributed by atoms with E-state index in [2.05, 4.69) is 36.7 Å². The molecule has 0 saturated heterocycles. The first-order valence-electron chi connectivity index (χ1n) is 5.82. The summed E-state index contributed by atoms with van der Waals surface area (Å²) in [7, 11) is 0. The fourth-order valence-electron chi connectivity index (χ4n) is 1.55. The maximum absolute atomic E-state index is 8.85. The van der Waals surface area contributed by atoms with Gasteiger partial charge in [0.05, 0.1) is 11.6 Å². The first-order valence-corrected chi connectivity index (χ1v) is 5.82. The molecule has 1 heterocycles. The van der Waals surface area contributed by atoms with Gasteiger partial charge in [0.15, 0.2) is 0 Å². The third-order valence-electron chi connectivity index (χ3n) is 2.81. The van der Waals surface area contributed by atoms with Gasteiger partial charge in [-0.15, -0.1) is 0 Å². The van der Waals surface area contributed by atoms with Gasteiger partial charge in [-0.05, 0) is 25.0 Å². The highest BCUT2D eigenvalue weighted by Crippen LogP contribution is 2.14. The minimum atomic E-state index is 0.646. The summed E-state index contributed by atoms with van der Waals surface area (Å²) in [5, 5.41) is 8.85. The van der Waals surface area contributed by atoms with E-state index >= 15 is 0 Å². The fourth-order valence-corrected chi connectivity index (χ4v) is 1.55. The van der Waals surface area contributed by atoms with Gasteiger partial charge >= 0.3 is 0 Å². The summed E-state index contributed by atoms with van der Waals surface area (Å²) in [4.78, 5) is 6.54. The van der Waals surface area contributed by atoms with Crippen LogP contribution in [0.3, 0.4) is 0 Å². The highest BCUT2D eigenvalue weighted by Gasteiger charge is 2.09. The number of nitriles is 1. The second-order valence-corrected chi connectivity index (χ2v) is 4.07. The second kappa shape index (κ2) is 6.12. The number of aromatic nitrogens is 1. The Labute approximate surface area is 97.7 Å². The van der Waals surface area contributed by atoms with Crippen molar-refractivity contribution in [2.75, 3.05) is 18.0 Å². The number of rotatable bonds is 5. The van der Waals surface area contributed by atoms with E-state index in [1.807, 2.05) is 6.07 Å². The number of pyridine rings is 1. The van der Waals surface area contributed by atoms with E-state index in [1.165, 1.54) is 0 Å². The highest BCUT2D eigenvalue weighted by atomic mass is 15.2. The number of hydrogen-bond acceptors (Lipinski definition) is 3. The summed E-state index contributed by atoms with van der Waals surface area (Å²) in [6, 6.07) is 5.74. The molecule has 16 heavy (non-hydrogen) atoms. The smallest absolute Gasteiger partial charge is 0.129 e. The molecule has 1 atom stereocenters. The summed E-state index contributed by atoms with van der Waals surface area (Å²) < 4.78 is 0. The van der Waals surface area contributed by atoms with Crippen LogP contribution in [0.15, 0.2) is 18.3 Å². The zero-order chi connectivity index (χ0) is 12.0. The van der Waals surface area contributed by atoms with Crippen LogP contribution in [0.5, 0.6) is 0 Å². The summed E-state index contributed by atoms with van der Waals surface area (Å²) in [6.45, 7) is 8.46. The average Bonchev–Trinajstić information content (AvgIpc) is 2.35. The summed E-state index contributed by atoms with van der Waals surface area (Å²) in [5.74, 6) is 1.55. The van der Waals surface area contributed by atoms with Crippen LogP contribution in [0.4, 0.5) is 5.82 Å². The molecule has 0 amide bonds. The van der Waals surface area contributed by atoms with E-state index in [-0.39, 0.29) is 0 Å². The molecule has 3 heteroatoms. The van der Waals surface area contributed by atoms with E-state index in [4.69, 9.17) is 5.26 Å². The topological polar surface area (TPSA) is 39.9 Å². The van der Waals surface area contributed by atoms with Crippen molar-refractivity contribution < 1.29 is 0 Å². The maximum atomic E-state index is 8.85. The molecule has 1 unspecified atom stereocenters. The van der Waals surface area contributed by atoms with Crippen LogP contribution >= 0.6 is 0 Å². The molecular formula is C13H19N3. The molecule has 1 rings (SSSR count). The SMILES string of the molecule is CCC(C)CN(CC)c1cc(C#N)ccn1. The summed E-state index contributed by atoms with van der Waals surface area (Å²) in [5.41, 5.74) is 0.674. The predicted octanol–water partition coefficient (Wildman–Crippen LogP) is 2.83. The van der Waals surface area contributed by atoms with Crippen LogP contribution in [-0.4, -0.2) is 18.1 Å². The van der Waals surface area contributed by atoms with E-state index in [1.54, 1.807) is 12.3 Å². The van der Waals surface area contributed by atoms with Gasteiger partial charge in [0.2, 0.25) is 0 Å². The number of anilines is 1. The molecule has 1 aromatic rings. The molecule has 0 spiro atoms. The number of nitrogens with zero attached hydrogens (tertiary/aromatic N) is 3. The third kappa shape index (κ3) is 3.23. The van der Waals surface area contributed by atoms with E-state index in [0.717, 1.165) is 25.3 Å². The van der Waals surface area contributed by atoms with Gasteiger partial charge in [0.1, 0.15) is 5.82 Å². The van der Waals surface area contributed by atoms with Gasteiger partial charge < -0.3 is 4.90 Å². The number of hydrogen-bond donors (Lipinski definition) is 0. The molecule has 86 valence electrons. The molecular weight excluding hydrogens is 198 g/mol. The first kappa shape index (κ1) is 12.5. The van der Waals surface area contributed by atoms with Gasteiger partial charge in [-0.25, -0.2) is 4.98 Å². The van der Waals surface area contributed by atoms with E-state index in [0.29, 0.717) is 11.5 Å². The molecule has 0 aliphatic rings. The molecule has 0 aliphatic carbocycles. The Morgan fingerprint density at radius 2 is 2.25 bits per heavy atom. The van der Waals surface area contributed by atoms with Crippen molar-refractivity contribution in [1.29, 1.82) is 5.26 Å². The zero-order valence-corrected chi connectivity index (χ0v) is 10.3. The van der Waals surface area contributed by atoms with Crippen molar-refractivity contribution in [2.24, 2.45) is 5.92 Å². The normalized spacial score (nSPS) is 11.9. The molecule has 0 saturated carbocycles. The van der Waals surface area contributed by atoms with Gasteiger partial charge in [-0.1, -0.05) is 20.3 Å². The van der Waals surface area contributed by atoms with Crippen LogP contribution in [-0.2, 0) is 0 Å². The molecule has 1 aromatic heterocycles. The average molecular weight is 217 g/mol.